The molecule has 1 aromatic heterocycles. The van der Waals surface area contributed by atoms with Crippen LogP contribution in [0.2, 0.25) is 0 Å². The maximum atomic E-state index is 12.0. The molecule has 1 aliphatic carbocycles. The number of carbonyl (C=O) groups is 1. The summed E-state index contributed by atoms with van der Waals surface area (Å²) < 4.78 is 10.8. The molecule has 3 rings (SSSR count). The number of benzene rings is 1. The molecule has 1 N–H and O–H groups in total. The Hall–Kier alpha value is -2.74. The van der Waals surface area contributed by atoms with Gasteiger partial charge in [0.15, 0.2) is 0 Å². The standard InChI is InChI=1S/C19H20N2O3/c1-3-23-19(22)17-13(2)20-21-18(17)24-16-9-5-8-15(12-16)7-4-6-14-10-11-14/h5,8-9,12,14H,3,6,10-11H2,1-2H3,(H,20,21). The molecule has 5 nitrogen and oxygen atoms in total. The van der Waals surface area contributed by atoms with Gasteiger partial charge in [-0.05, 0) is 50.8 Å². The third-order valence-electron chi connectivity index (χ3n) is 3.76. The van der Waals surface area contributed by atoms with E-state index in [1.165, 1.54) is 12.8 Å². The lowest BCUT2D eigenvalue weighted by Gasteiger charge is -2.06. The lowest BCUT2D eigenvalue weighted by atomic mass is 10.2. The van der Waals surface area contributed by atoms with Gasteiger partial charge in [-0.15, -0.1) is 5.10 Å². The average molecular weight is 324 g/mol. The molecule has 0 radical (unpaired) electrons. The zero-order chi connectivity index (χ0) is 16.9. The van der Waals surface area contributed by atoms with Crippen LogP contribution in [0, 0.1) is 24.7 Å². The van der Waals surface area contributed by atoms with Gasteiger partial charge in [0.25, 0.3) is 5.88 Å². The molecule has 1 aromatic carbocycles. The van der Waals surface area contributed by atoms with Crippen LogP contribution in [0.5, 0.6) is 11.6 Å². The second-order valence-electron chi connectivity index (χ2n) is 5.83. The predicted molar refractivity (Wildman–Crippen MR) is 90.0 cm³/mol. The topological polar surface area (TPSA) is 64.2 Å². The molecular weight excluding hydrogens is 304 g/mol. The minimum atomic E-state index is -0.445. The predicted octanol–water partition coefficient (Wildman–Crippen LogP) is 3.84. The van der Waals surface area contributed by atoms with Gasteiger partial charge in [-0.1, -0.05) is 17.9 Å². The Bertz CT molecular complexity index is 794. The van der Waals surface area contributed by atoms with Crippen molar-refractivity contribution in [1.82, 2.24) is 10.2 Å². The van der Waals surface area contributed by atoms with Gasteiger partial charge in [-0.3, -0.25) is 5.10 Å². The zero-order valence-corrected chi connectivity index (χ0v) is 13.9. The molecular formula is C19H20N2O3. The van der Waals surface area contributed by atoms with Crippen molar-refractivity contribution in [3.63, 3.8) is 0 Å². The molecule has 24 heavy (non-hydrogen) atoms. The van der Waals surface area contributed by atoms with Crippen molar-refractivity contribution in [2.45, 2.75) is 33.1 Å². The summed E-state index contributed by atoms with van der Waals surface area (Å²) in [7, 11) is 0. The number of nitrogens with one attached hydrogen (secondary N) is 1. The Labute approximate surface area is 141 Å². The van der Waals surface area contributed by atoms with Gasteiger partial charge >= 0.3 is 5.97 Å². The van der Waals surface area contributed by atoms with Crippen LogP contribution >= 0.6 is 0 Å². The van der Waals surface area contributed by atoms with Crippen LogP contribution in [0.15, 0.2) is 24.3 Å². The van der Waals surface area contributed by atoms with Crippen LogP contribution in [-0.4, -0.2) is 22.8 Å². The van der Waals surface area contributed by atoms with E-state index in [-0.39, 0.29) is 5.88 Å². The molecule has 0 amide bonds. The van der Waals surface area contributed by atoms with E-state index in [0.29, 0.717) is 23.6 Å². The van der Waals surface area contributed by atoms with E-state index in [0.717, 1.165) is 17.9 Å². The summed E-state index contributed by atoms with van der Waals surface area (Å²) in [6.45, 7) is 3.82. The van der Waals surface area contributed by atoms with E-state index < -0.39 is 5.97 Å². The largest absolute Gasteiger partial charge is 0.462 e. The molecule has 0 aliphatic heterocycles. The highest BCUT2D eigenvalue weighted by molar-refractivity contribution is 5.93. The second-order valence-corrected chi connectivity index (χ2v) is 5.83. The van der Waals surface area contributed by atoms with Crippen molar-refractivity contribution in [2.24, 2.45) is 5.92 Å². The minimum Gasteiger partial charge on any atom is -0.462 e. The molecule has 1 aliphatic rings. The molecule has 0 spiro atoms. The number of aryl methyl sites for hydroxylation is 1. The smallest absolute Gasteiger partial charge is 0.345 e. The van der Waals surface area contributed by atoms with Crippen molar-refractivity contribution >= 4 is 5.97 Å². The van der Waals surface area contributed by atoms with Crippen LogP contribution in [0.1, 0.15) is 47.8 Å². The fourth-order valence-corrected chi connectivity index (χ4v) is 2.29. The van der Waals surface area contributed by atoms with Crippen LogP contribution < -0.4 is 4.74 Å². The first-order chi connectivity index (χ1) is 11.7. The number of hydrogen-bond donors (Lipinski definition) is 1. The van der Waals surface area contributed by atoms with Gasteiger partial charge < -0.3 is 9.47 Å². The van der Waals surface area contributed by atoms with E-state index in [1.807, 2.05) is 24.3 Å². The number of aromatic amines is 1. The van der Waals surface area contributed by atoms with Crippen molar-refractivity contribution in [3.05, 3.63) is 41.1 Å². The van der Waals surface area contributed by atoms with Crippen LogP contribution in [-0.2, 0) is 4.74 Å². The highest BCUT2D eigenvalue weighted by Crippen LogP contribution is 2.31. The Balaban J connectivity index is 1.76. The molecule has 0 saturated heterocycles. The summed E-state index contributed by atoms with van der Waals surface area (Å²) in [6.07, 6.45) is 3.55. The van der Waals surface area contributed by atoms with E-state index in [4.69, 9.17) is 9.47 Å². The Kier molecular flexibility index (Phi) is 4.85. The number of H-pyrrole nitrogens is 1. The first-order valence-electron chi connectivity index (χ1n) is 8.16. The van der Waals surface area contributed by atoms with Gasteiger partial charge in [0.1, 0.15) is 11.3 Å². The molecule has 5 heteroatoms. The molecule has 1 heterocycles. The lowest BCUT2D eigenvalue weighted by Crippen LogP contribution is -2.06. The molecule has 0 unspecified atom stereocenters. The third-order valence-corrected chi connectivity index (χ3v) is 3.76. The van der Waals surface area contributed by atoms with Crippen molar-refractivity contribution in [2.75, 3.05) is 6.61 Å². The normalized spacial score (nSPS) is 13.1. The number of ether oxygens (including phenoxy) is 2. The first-order valence-corrected chi connectivity index (χ1v) is 8.16. The summed E-state index contributed by atoms with van der Waals surface area (Å²) in [5.74, 6) is 7.51. The molecule has 2 aromatic rings. The molecule has 1 fully saturated rings. The van der Waals surface area contributed by atoms with Gasteiger partial charge in [0, 0.05) is 12.0 Å². The maximum absolute atomic E-state index is 12.0. The number of nitrogens with zero attached hydrogens (tertiary/aromatic N) is 1. The Morgan fingerprint density at radius 1 is 1.42 bits per heavy atom. The van der Waals surface area contributed by atoms with E-state index >= 15 is 0 Å². The van der Waals surface area contributed by atoms with Gasteiger partial charge in [-0.25, -0.2) is 4.79 Å². The summed E-state index contributed by atoms with van der Waals surface area (Å²) in [5, 5.41) is 6.81. The SMILES string of the molecule is CCOC(=O)c1c(Oc2cccc(C#CCC3CC3)c2)n[nH]c1C. The van der Waals surface area contributed by atoms with Crippen molar-refractivity contribution in [1.29, 1.82) is 0 Å². The van der Waals surface area contributed by atoms with Crippen LogP contribution in [0.4, 0.5) is 0 Å². The summed E-state index contributed by atoms with van der Waals surface area (Å²) >= 11 is 0. The quantitative estimate of drug-likeness (QED) is 0.670. The van der Waals surface area contributed by atoms with Crippen molar-refractivity contribution < 1.29 is 14.3 Å². The second kappa shape index (κ2) is 7.22. The molecule has 0 atom stereocenters. The number of rotatable bonds is 5. The van der Waals surface area contributed by atoms with E-state index in [9.17, 15) is 4.79 Å². The summed E-state index contributed by atoms with van der Waals surface area (Å²) in [6, 6.07) is 7.47. The van der Waals surface area contributed by atoms with Crippen molar-refractivity contribution in [3.8, 4) is 23.5 Å². The fraction of sp³-hybridized carbons (Fsp3) is 0.368. The lowest BCUT2D eigenvalue weighted by molar-refractivity contribution is 0.0523. The van der Waals surface area contributed by atoms with E-state index in [1.54, 1.807) is 13.8 Å². The van der Waals surface area contributed by atoms with Crippen LogP contribution in [0.25, 0.3) is 0 Å². The summed E-state index contributed by atoms with van der Waals surface area (Å²) in [5.41, 5.74) is 1.82. The number of carbonyl (C=O) groups excluding carboxylic acids is 1. The number of aromatic nitrogens is 2. The monoisotopic (exact) mass is 324 g/mol. The van der Waals surface area contributed by atoms with Crippen LogP contribution in [0.3, 0.4) is 0 Å². The zero-order valence-electron chi connectivity index (χ0n) is 13.9. The fourth-order valence-electron chi connectivity index (χ4n) is 2.29. The number of esters is 1. The summed E-state index contributed by atoms with van der Waals surface area (Å²) in [4.78, 5) is 12.0. The first kappa shape index (κ1) is 16.1. The molecule has 0 bridgehead atoms. The average Bonchev–Trinajstić information content (AvgIpc) is 3.31. The van der Waals surface area contributed by atoms with Gasteiger partial charge in [-0.2, -0.15) is 0 Å². The number of hydrogen-bond acceptors (Lipinski definition) is 4. The molecule has 1 saturated carbocycles. The Morgan fingerprint density at radius 3 is 3.00 bits per heavy atom. The Morgan fingerprint density at radius 2 is 2.25 bits per heavy atom. The third kappa shape index (κ3) is 3.96. The highest BCUT2D eigenvalue weighted by atomic mass is 16.5. The highest BCUT2D eigenvalue weighted by Gasteiger charge is 2.21. The van der Waals surface area contributed by atoms with Gasteiger partial charge in [0.05, 0.1) is 12.3 Å². The van der Waals surface area contributed by atoms with Gasteiger partial charge in [0.2, 0.25) is 0 Å². The van der Waals surface area contributed by atoms with E-state index in [2.05, 4.69) is 22.0 Å². The minimum absolute atomic E-state index is 0.217. The maximum Gasteiger partial charge on any atom is 0.345 e. The molecule has 124 valence electrons.